The minimum Gasteiger partial charge on any atom is -0.444 e. The van der Waals surface area contributed by atoms with Gasteiger partial charge in [0.15, 0.2) is 0 Å². The Morgan fingerprint density at radius 3 is 2.63 bits per heavy atom. The summed E-state index contributed by atoms with van der Waals surface area (Å²) < 4.78 is 16.3. The summed E-state index contributed by atoms with van der Waals surface area (Å²) in [6, 6.07) is 0. The van der Waals surface area contributed by atoms with Crippen molar-refractivity contribution >= 4 is 6.09 Å². The zero-order valence-electron chi connectivity index (χ0n) is 12.4. The second-order valence-electron chi connectivity index (χ2n) is 6.13. The van der Waals surface area contributed by atoms with Crippen LogP contribution in [0.2, 0.25) is 0 Å². The number of hydrogen-bond acceptors (Lipinski definition) is 5. The molecule has 1 saturated heterocycles. The van der Waals surface area contributed by atoms with Crippen LogP contribution in [0.25, 0.3) is 0 Å². The number of nitrogens with zero attached hydrogens (tertiary/aromatic N) is 1. The van der Waals surface area contributed by atoms with Gasteiger partial charge in [-0.15, -0.1) is 0 Å². The Kier molecular flexibility index (Phi) is 5.18. The molecule has 1 rings (SSSR count). The normalized spacial score (nSPS) is 28.9. The third-order valence-electron chi connectivity index (χ3n) is 2.92. The summed E-state index contributed by atoms with van der Waals surface area (Å²) in [6.07, 6.45) is -0.829. The van der Waals surface area contributed by atoms with E-state index in [0.29, 0.717) is 19.7 Å². The first-order chi connectivity index (χ1) is 8.69. The molecule has 1 aliphatic rings. The van der Waals surface area contributed by atoms with Gasteiger partial charge in [-0.1, -0.05) is 0 Å². The molecule has 0 aromatic carbocycles. The van der Waals surface area contributed by atoms with E-state index in [2.05, 4.69) is 0 Å². The number of carbonyl (C=O) groups excluding carboxylic acids is 1. The molecule has 0 saturated carbocycles. The van der Waals surface area contributed by atoms with E-state index >= 15 is 0 Å². The number of amides is 1. The predicted octanol–water partition coefficient (Wildman–Crippen LogP) is 1.02. The van der Waals surface area contributed by atoms with Gasteiger partial charge in [-0.2, -0.15) is 0 Å². The molecule has 1 fully saturated rings. The highest BCUT2D eigenvalue weighted by atomic mass is 16.6. The SMILES string of the molecule is CO[C@@]1(C)CO[C@H](CO)CN(C(=O)OC(C)(C)C)C1. The molecular weight excluding hydrogens is 250 g/mol. The summed E-state index contributed by atoms with van der Waals surface area (Å²) >= 11 is 0. The molecule has 2 atom stereocenters. The molecule has 1 N–H and O–H groups in total. The Morgan fingerprint density at radius 2 is 2.16 bits per heavy atom. The number of aliphatic hydroxyl groups excluding tert-OH is 1. The van der Waals surface area contributed by atoms with Crippen molar-refractivity contribution < 1.29 is 24.1 Å². The molecule has 1 amide bonds. The third-order valence-corrected chi connectivity index (χ3v) is 2.92. The molecule has 19 heavy (non-hydrogen) atoms. The highest BCUT2D eigenvalue weighted by Crippen LogP contribution is 2.20. The average molecular weight is 275 g/mol. The van der Waals surface area contributed by atoms with Gasteiger partial charge in [0, 0.05) is 7.11 Å². The van der Waals surface area contributed by atoms with Gasteiger partial charge in [0.05, 0.1) is 32.4 Å². The summed E-state index contributed by atoms with van der Waals surface area (Å²) in [6.45, 7) is 8.17. The van der Waals surface area contributed by atoms with Crippen LogP contribution < -0.4 is 0 Å². The lowest BCUT2D eigenvalue weighted by Gasteiger charge is -2.32. The number of ether oxygens (including phenoxy) is 3. The second kappa shape index (κ2) is 6.07. The summed E-state index contributed by atoms with van der Waals surface area (Å²) in [7, 11) is 1.58. The molecule has 0 aromatic rings. The minimum atomic E-state index is -0.596. The number of aliphatic hydroxyl groups is 1. The van der Waals surface area contributed by atoms with Crippen LogP contribution in [0.15, 0.2) is 0 Å². The maximum absolute atomic E-state index is 12.1. The Bertz CT molecular complexity index is 315. The molecule has 112 valence electrons. The Morgan fingerprint density at radius 1 is 1.53 bits per heavy atom. The fourth-order valence-electron chi connectivity index (χ4n) is 1.81. The van der Waals surface area contributed by atoms with Crippen LogP contribution >= 0.6 is 0 Å². The van der Waals surface area contributed by atoms with Crippen molar-refractivity contribution in [2.75, 3.05) is 33.4 Å². The van der Waals surface area contributed by atoms with E-state index in [4.69, 9.17) is 14.2 Å². The molecule has 0 aromatic heterocycles. The largest absolute Gasteiger partial charge is 0.444 e. The van der Waals surface area contributed by atoms with Crippen molar-refractivity contribution in [2.45, 2.75) is 45.0 Å². The van der Waals surface area contributed by atoms with Gasteiger partial charge in [-0.3, -0.25) is 0 Å². The maximum atomic E-state index is 12.1. The minimum absolute atomic E-state index is 0.140. The highest BCUT2D eigenvalue weighted by molar-refractivity contribution is 5.68. The molecule has 0 bridgehead atoms. The van der Waals surface area contributed by atoms with E-state index in [9.17, 15) is 9.90 Å². The molecule has 0 radical (unpaired) electrons. The topological polar surface area (TPSA) is 68.2 Å². The molecule has 1 heterocycles. The zero-order chi connectivity index (χ0) is 14.7. The van der Waals surface area contributed by atoms with Gasteiger partial charge in [-0.25, -0.2) is 4.79 Å². The smallest absolute Gasteiger partial charge is 0.410 e. The zero-order valence-corrected chi connectivity index (χ0v) is 12.4. The van der Waals surface area contributed by atoms with Gasteiger partial charge < -0.3 is 24.2 Å². The standard InChI is InChI=1S/C13H25NO5/c1-12(2,3)19-11(16)14-6-10(7-15)18-9-13(4,8-14)17-5/h10,15H,6-9H2,1-5H3/t10-,13+/m0/s1. The monoisotopic (exact) mass is 275 g/mol. The predicted molar refractivity (Wildman–Crippen MR) is 70.0 cm³/mol. The van der Waals surface area contributed by atoms with E-state index in [0.717, 1.165) is 0 Å². The van der Waals surface area contributed by atoms with Crippen LogP contribution in [0.1, 0.15) is 27.7 Å². The fourth-order valence-corrected chi connectivity index (χ4v) is 1.81. The molecule has 0 spiro atoms. The molecule has 6 heteroatoms. The van der Waals surface area contributed by atoms with Crippen LogP contribution in [-0.2, 0) is 14.2 Å². The molecule has 0 aliphatic carbocycles. The quantitative estimate of drug-likeness (QED) is 0.815. The lowest BCUT2D eigenvalue weighted by atomic mass is 10.1. The molecule has 6 nitrogen and oxygen atoms in total. The van der Waals surface area contributed by atoms with Crippen LogP contribution in [-0.4, -0.2) is 66.8 Å². The number of methoxy groups -OCH3 is 1. The van der Waals surface area contributed by atoms with Crippen LogP contribution in [0.3, 0.4) is 0 Å². The summed E-state index contributed by atoms with van der Waals surface area (Å²) in [4.78, 5) is 13.7. The second-order valence-corrected chi connectivity index (χ2v) is 6.13. The van der Waals surface area contributed by atoms with Crippen molar-refractivity contribution in [3.8, 4) is 0 Å². The van der Waals surface area contributed by atoms with Crippen molar-refractivity contribution in [1.82, 2.24) is 4.90 Å². The van der Waals surface area contributed by atoms with E-state index in [1.54, 1.807) is 7.11 Å². The van der Waals surface area contributed by atoms with Crippen molar-refractivity contribution in [1.29, 1.82) is 0 Å². The van der Waals surface area contributed by atoms with Crippen molar-refractivity contribution in [2.24, 2.45) is 0 Å². The van der Waals surface area contributed by atoms with Gasteiger partial charge in [0.2, 0.25) is 0 Å². The number of carbonyl (C=O) groups is 1. The highest BCUT2D eigenvalue weighted by Gasteiger charge is 2.36. The first-order valence-corrected chi connectivity index (χ1v) is 6.45. The van der Waals surface area contributed by atoms with Crippen LogP contribution in [0, 0.1) is 0 Å². The van der Waals surface area contributed by atoms with Crippen LogP contribution in [0.5, 0.6) is 0 Å². The van der Waals surface area contributed by atoms with Gasteiger partial charge in [0.25, 0.3) is 0 Å². The molecule has 1 aliphatic heterocycles. The first kappa shape index (κ1) is 16.2. The average Bonchev–Trinajstić information content (AvgIpc) is 2.47. The number of rotatable bonds is 2. The van der Waals surface area contributed by atoms with Crippen molar-refractivity contribution in [3.05, 3.63) is 0 Å². The van der Waals surface area contributed by atoms with Crippen LogP contribution in [0.4, 0.5) is 4.79 Å². The Hall–Kier alpha value is -0.850. The summed E-state index contributed by atoms with van der Waals surface area (Å²) in [5.41, 5.74) is -1.15. The van der Waals surface area contributed by atoms with E-state index in [1.807, 2.05) is 27.7 Å². The van der Waals surface area contributed by atoms with Gasteiger partial charge in [-0.05, 0) is 27.7 Å². The van der Waals surface area contributed by atoms with Gasteiger partial charge >= 0.3 is 6.09 Å². The summed E-state index contributed by atoms with van der Waals surface area (Å²) in [5, 5.41) is 9.25. The lowest BCUT2D eigenvalue weighted by Crippen LogP contribution is -2.47. The first-order valence-electron chi connectivity index (χ1n) is 6.45. The Labute approximate surface area is 114 Å². The Balaban J connectivity index is 2.80. The fraction of sp³-hybridized carbons (Fsp3) is 0.923. The van der Waals surface area contributed by atoms with E-state index in [1.165, 1.54) is 4.90 Å². The van der Waals surface area contributed by atoms with E-state index < -0.39 is 23.4 Å². The summed E-state index contributed by atoms with van der Waals surface area (Å²) in [5.74, 6) is 0. The molecule has 0 unspecified atom stereocenters. The number of hydrogen-bond donors (Lipinski definition) is 1. The van der Waals surface area contributed by atoms with Gasteiger partial charge in [0.1, 0.15) is 11.2 Å². The third kappa shape index (κ3) is 4.97. The van der Waals surface area contributed by atoms with Crippen molar-refractivity contribution in [3.63, 3.8) is 0 Å². The maximum Gasteiger partial charge on any atom is 0.410 e. The van der Waals surface area contributed by atoms with E-state index in [-0.39, 0.29) is 6.61 Å². The lowest BCUT2D eigenvalue weighted by molar-refractivity contribution is -0.0759. The molecular formula is C13H25NO5.